The van der Waals surface area contributed by atoms with Crippen LogP contribution in [0.1, 0.15) is 16.4 Å². The molecule has 0 aromatic heterocycles. The van der Waals surface area contributed by atoms with Crippen LogP contribution >= 0.6 is 23.4 Å². The lowest BCUT2D eigenvalue weighted by Crippen LogP contribution is -2.10. The number of nitrogens with two attached hydrogens (primary N) is 1. The molecule has 0 aliphatic heterocycles. The van der Waals surface area contributed by atoms with Crippen molar-refractivity contribution in [1.29, 1.82) is 0 Å². The molecule has 0 aliphatic carbocycles. The first-order chi connectivity index (χ1) is 11.7. The summed E-state index contributed by atoms with van der Waals surface area (Å²) in [4.78, 5) is 4.50. The van der Waals surface area contributed by atoms with Crippen LogP contribution in [0.25, 0.3) is 0 Å². The Bertz CT molecular complexity index is 802. The van der Waals surface area contributed by atoms with Crippen LogP contribution in [-0.4, -0.2) is 5.17 Å². The molecule has 0 fully saturated rings. The molecule has 0 unspecified atom stereocenters. The van der Waals surface area contributed by atoms with E-state index in [-0.39, 0.29) is 5.25 Å². The van der Waals surface area contributed by atoms with Gasteiger partial charge in [-0.15, -0.1) is 0 Å². The fourth-order valence-electron chi connectivity index (χ4n) is 2.37. The summed E-state index contributed by atoms with van der Waals surface area (Å²) in [5.41, 5.74) is 9.37. The molecule has 24 heavy (non-hydrogen) atoms. The lowest BCUT2D eigenvalue weighted by Gasteiger charge is -2.17. The highest BCUT2D eigenvalue weighted by Crippen LogP contribution is 2.36. The van der Waals surface area contributed by atoms with Crippen molar-refractivity contribution in [3.8, 4) is 0 Å². The van der Waals surface area contributed by atoms with Crippen molar-refractivity contribution in [2.75, 3.05) is 0 Å². The second kappa shape index (κ2) is 8.04. The normalized spacial score (nSPS) is 12.8. The summed E-state index contributed by atoms with van der Waals surface area (Å²) in [7, 11) is 0. The Kier molecular flexibility index (Phi) is 5.57. The number of benzene rings is 3. The van der Waals surface area contributed by atoms with Gasteiger partial charge < -0.3 is 5.73 Å². The number of amidine groups is 1. The molecular formula is C20H17ClN2S. The first-order valence-corrected chi connectivity index (χ1v) is 8.84. The third-order valence-electron chi connectivity index (χ3n) is 3.51. The lowest BCUT2D eigenvalue weighted by molar-refractivity contribution is 1.16. The number of thioether (sulfide) groups is 1. The molecule has 2 nitrogen and oxygen atoms in total. The van der Waals surface area contributed by atoms with E-state index in [4.69, 9.17) is 17.3 Å². The van der Waals surface area contributed by atoms with Crippen molar-refractivity contribution in [3.05, 3.63) is 101 Å². The molecule has 0 bridgehead atoms. The molecule has 0 amide bonds. The number of halogens is 1. The summed E-state index contributed by atoms with van der Waals surface area (Å²) in [5.74, 6) is 0. The van der Waals surface area contributed by atoms with E-state index in [0.29, 0.717) is 5.17 Å². The second-order valence-corrected chi connectivity index (χ2v) is 6.81. The highest BCUT2D eigenvalue weighted by molar-refractivity contribution is 8.14. The van der Waals surface area contributed by atoms with Gasteiger partial charge in [0.2, 0.25) is 0 Å². The van der Waals surface area contributed by atoms with E-state index < -0.39 is 0 Å². The monoisotopic (exact) mass is 352 g/mol. The first kappa shape index (κ1) is 16.6. The smallest absolute Gasteiger partial charge is 0.160 e. The topological polar surface area (TPSA) is 38.4 Å². The van der Waals surface area contributed by atoms with Gasteiger partial charge in [-0.1, -0.05) is 84.0 Å². The first-order valence-electron chi connectivity index (χ1n) is 7.58. The summed E-state index contributed by atoms with van der Waals surface area (Å²) in [6, 6.07) is 27.9. The van der Waals surface area contributed by atoms with Crippen LogP contribution in [0, 0.1) is 0 Å². The van der Waals surface area contributed by atoms with Crippen molar-refractivity contribution in [1.82, 2.24) is 0 Å². The predicted molar refractivity (Wildman–Crippen MR) is 105 cm³/mol. The molecule has 0 spiro atoms. The Morgan fingerprint density at radius 2 is 1.33 bits per heavy atom. The fourth-order valence-corrected chi connectivity index (χ4v) is 3.48. The highest BCUT2D eigenvalue weighted by Gasteiger charge is 2.16. The van der Waals surface area contributed by atoms with Crippen LogP contribution in [0.2, 0.25) is 5.02 Å². The minimum absolute atomic E-state index is 0.0657. The van der Waals surface area contributed by atoms with E-state index >= 15 is 0 Å². The number of hydrogen-bond donors (Lipinski definition) is 1. The highest BCUT2D eigenvalue weighted by atomic mass is 35.5. The Balaban J connectivity index is 1.90. The van der Waals surface area contributed by atoms with E-state index in [0.717, 1.165) is 16.3 Å². The maximum Gasteiger partial charge on any atom is 0.160 e. The van der Waals surface area contributed by atoms with Crippen LogP contribution < -0.4 is 5.73 Å². The van der Waals surface area contributed by atoms with Gasteiger partial charge in [-0.05, 0) is 35.4 Å². The molecule has 3 aromatic carbocycles. The minimum atomic E-state index is 0.0657. The fraction of sp³-hybridized carbons (Fsp3) is 0.0500. The van der Waals surface area contributed by atoms with Crippen molar-refractivity contribution >= 4 is 34.2 Å². The van der Waals surface area contributed by atoms with Gasteiger partial charge >= 0.3 is 0 Å². The molecule has 0 heterocycles. The molecular weight excluding hydrogens is 336 g/mol. The molecule has 120 valence electrons. The number of hydrogen-bond acceptors (Lipinski definition) is 2. The Hall–Kier alpha value is -2.23. The molecule has 0 saturated heterocycles. The molecule has 3 rings (SSSR count). The summed E-state index contributed by atoms with van der Waals surface area (Å²) in [6.07, 6.45) is 0. The molecule has 2 N–H and O–H groups in total. The Morgan fingerprint density at radius 1 is 0.792 bits per heavy atom. The summed E-state index contributed by atoms with van der Waals surface area (Å²) < 4.78 is 0. The third-order valence-corrected chi connectivity index (χ3v) is 4.87. The van der Waals surface area contributed by atoms with Gasteiger partial charge in [-0.2, -0.15) is 0 Å². The quantitative estimate of drug-likeness (QED) is 0.475. The van der Waals surface area contributed by atoms with E-state index in [2.05, 4.69) is 17.1 Å². The average Bonchev–Trinajstić information content (AvgIpc) is 2.62. The van der Waals surface area contributed by atoms with Gasteiger partial charge in [0.15, 0.2) is 5.17 Å². The number of para-hydroxylation sites is 1. The van der Waals surface area contributed by atoms with Crippen LogP contribution in [0.15, 0.2) is 89.9 Å². The van der Waals surface area contributed by atoms with Crippen molar-refractivity contribution < 1.29 is 0 Å². The third kappa shape index (κ3) is 4.40. The maximum absolute atomic E-state index is 6.20. The molecule has 3 aromatic rings. The molecule has 0 radical (unpaired) electrons. The molecule has 4 heteroatoms. The van der Waals surface area contributed by atoms with E-state index in [1.54, 1.807) is 0 Å². The maximum atomic E-state index is 6.20. The largest absolute Gasteiger partial charge is 0.378 e. The Morgan fingerprint density at radius 3 is 1.96 bits per heavy atom. The number of aliphatic imine (C=N–C) groups is 1. The van der Waals surface area contributed by atoms with Crippen molar-refractivity contribution in [2.45, 2.75) is 5.25 Å². The zero-order chi connectivity index (χ0) is 16.8. The predicted octanol–water partition coefficient (Wildman–Crippen LogP) is 5.81. The Labute approximate surface area is 151 Å². The summed E-state index contributed by atoms with van der Waals surface area (Å²) >= 11 is 7.56. The van der Waals surface area contributed by atoms with Crippen LogP contribution in [0.5, 0.6) is 0 Å². The van der Waals surface area contributed by atoms with Gasteiger partial charge in [0.05, 0.1) is 10.9 Å². The SMILES string of the molecule is NC(=Nc1ccccc1)S[C@H](c1ccccc1)c1ccc(Cl)cc1. The van der Waals surface area contributed by atoms with Crippen LogP contribution in [0.4, 0.5) is 5.69 Å². The molecule has 0 aliphatic rings. The van der Waals surface area contributed by atoms with E-state index in [1.807, 2.05) is 72.8 Å². The summed E-state index contributed by atoms with van der Waals surface area (Å²) in [5, 5.41) is 1.32. The van der Waals surface area contributed by atoms with E-state index in [9.17, 15) is 0 Å². The number of rotatable bonds is 4. The van der Waals surface area contributed by atoms with Gasteiger partial charge in [0.1, 0.15) is 0 Å². The summed E-state index contributed by atoms with van der Waals surface area (Å²) in [6.45, 7) is 0. The second-order valence-electron chi connectivity index (χ2n) is 5.25. The van der Waals surface area contributed by atoms with Crippen molar-refractivity contribution in [3.63, 3.8) is 0 Å². The standard InChI is InChI=1S/C20H17ClN2S/c21-17-13-11-16(12-14-17)19(15-7-3-1-4-8-15)24-20(22)23-18-9-5-2-6-10-18/h1-14,19H,(H2,22,23)/t19-/m1/s1. The minimum Gasteiger partial charge on any atom is -0.378 e. The van der Waals surface area contributed by atoms with Crippen molar-refractivity contribution in [2.24, 2.45) is 10.7 Å². The lowest BCUT2D eigenvalue weighted by atomic mass is 10.0. The van der Waals surface area contributed by atoms with Gasteiger partial charge in [-0.3, -0.25) is 0 Å². The zero-order valence-corrected chi connectivity index (χ0v) is 14.5. The van der Waals surface area contributed by atoms with Crippen LogP contribution in [0.3, 0.4) is 0 Å². The zero-order valence-electron chi connectivity index (χ0n) is 13.0. The average molecular weight is 353 g/mol. The van der Waals surface area contributed by atoms with Gasteiger partial charge in [0, 0.05) is 5.02 Å². The van der Waals surface area contributed by atoms with Gasteiger partial charge in [0.25, 0.3) is 0 Å². The number of nitrogens with zero attached hydrogens (tertiary/aromatic N) is 1. The molecule has 1 atom stereocenters. The van der Waals surface area contributed by atoms with E-state index in [1.165, 1.54) is 17.3 Å². The molecule has 0 saturated carbocycles. The van der Waals surface area contributed by atoms with Gasteiger partial charge in [-0.25, -0.2) is 4.99 Å². The van der Waals surface area contributed by atoms with Crippen LogP contribution in [-0.2, 0) is 0 Å².